The summed E-state index contributed by atoms with van der Waals surface area (Å²) in [6.45, 7) is 10.3. The number of thiazole rings is 1. The van der Waals surface area contributed by atoms with Crippen LogP contribution in [-0.2, 0) is 11.3 Å². The first-order chi connectivity index (χ1) is 10.4. The van der Waals surface area contributed by atoms with Gasteiger partial charge in [0.1, 0.15) is 17.2 Å². The summed E-state index contributed by atoms with van der Waals surface area (Å²) in [5.41, 5.74) is 2.07. The fraction of sp³-hybridized carbons (Fsp3) is 0.500. The quantitative estimate of drug-likeness (QED) is 0.848. The molecule has 0 bridgehead atoms. The van der Waals surface area contributed by atoms with Crippen LogP contribution in [0.3, 0.4) is 0 Å². The Hall–Kier alpha value is -1.24. The van der Waals surface area contributed by atoms with Gasteiger partial charge in [-0.15, -0.1) is 11.3 Å². The van der Waals surface area contributed by atoms with Crippen molar-refractivity contribution in [1.82, 2.24) is 10.3 Å². The normalized spacial score (nSPS) is 13.1. The molecule has 0 aliphatic rings. The molecule has 6 heteroatoms. The van der Waals surface area contributed by atoms with Gasteiger partial charge < -0.3 is 10.2 Å². The van der Waals surface area contributed by atoms with E-state index in [1.54, 1.807) is 22.7 Å². The zero-order valence-electron chi connectivity index (χ0n) is 13.6. The number of hydrogen-bond donors (Lipinski definition) is 2. The molecule has 1 unspecified atom stereocenters. The summed E-state index contributed by atoms with van der Waals surface area (Å²) >= 11 is 3.35. The van der Waals surface area contributed by atoms with Crippen molar-refractivity contribution < 1.29 is 9.69 Å². The fourth-order valence-corrected chi connectivity index (χ4v) is 3.70. The highest BCUT2D eigenvalue weighted by Gasteiger charge is 2.19. The minimum atomic E-state index is -0.178. The van der Waals surface area contributed by atoms with Crippen molar-refractivity contribution in [2.75, 3.05) is 13.1 Å². The average molecular weight is 339 g/mol. The van der Waals surface area contributed by atoms with E-state index in [0.29, 0.717) is 6.54 Å². The summed E-state index contributed by atoms with van der Waals surface area (Å²) < 4.78 is 0. The van der Waals surface area contributed by atoms with Crippen molar-refractivity contribution in [2.45, 2.75) is 39.8 Å². The van der Waals surface area contributed by atoms with Crippen molar-refractivity contribution >= 4 is 28.6 Å². The summed E-state index contributed by atoms with van der Waals surface area (Å²) in [5.74, 6) is 0.0950. The minimum absolute atomic E-state index is 0.0950. The Labute approximate surface area is 140 Å². The molecule has 4 nitrogen and oxygen atoms in total. The van der Waals surface area contributed by atoms with E-state index in [2.05, 4.69) is 34.4 Å². The van der Waals surface area contributed by atoms with E-state index in [-0.39, 0.29) is 11.4 Å². The summed E-state index contributed by atoms with van der Waals surface area (Å²) in [6.07, 6.45) is 0. The van der Waals surface area contributed by atoms with Gasteiger partial charge in [0.25, 0.3) is 5.91 Å². The topological polar surface area (TPSA) is 46.4 Å². The molecule has 0 fully saturated rings. The number of thiophene rings is 1. The highest BCUT2D eigenvalue weighted by molar-refractivity contribution is 7.14. The molecule has 0 spiro atoms. The van der Waals surface area contributed by atoms with E-state index in [9.17, 15) is 4.79 Å². The lowest BCUT2D eigenvalue weighted by molar-refractivity contribution is -0.904. The number of likely N-dealkylation sites (N-methyl/N-ethyl adjacent to an activating group) is 1. The monoisotopic (exact) mass is 338 g/mol. The highest BCUT2D eigenvalue weighted by Crippen LogP contribution is 2.25. The van der Waals surface area contributed by atoms with E-state index in [0.717, 1.165) is 23.8 Å². The van der Waals surface area contributed by atoms with Crippen LogP contribution in [0, 0.1) is 0 Å². The Bertz CT molecular complexity index is 599. The first kappa shape index (κ1) is 17.1. The highest BCUT2D eigenvalue weighted by atomic mass is 32.1. The van der Waals surface area contributed by atoms with Crippen molar-refractivity contribution in [1.29, 1.82) is 0 Å². The molecule has 2 N–H and O–H groups in total. The lowest BCUT2D eigenvalue weighted by atomic mass is 10.1. The van der Waals surface area contributed by atoms with Gasteiger partial charge in [0.2, 0.25) is 0 Å². The lowest BCUT2D eigenvalue weighted by Gasteiger charge is -2.22. The van der Waals surface area contributed by atoms with Crippen LogP contribution in [0.15, 0.2) is 22.2 Å². The van der Waals surface area contributed by atoms with Crippen molar-refractivity contribution in [3.05, 3.63) is 27.9 Å². The molecule has 0 saturated heterocycles. The summed E-state index contributed by atoms with van der Waals surface area (Å²) in [7, 11) is 0. The summed E-state index contributed by atoms with van der Waals surface area (Å²) in [5, 5.41) is 10.4. The van der Waals surface area contributed by atoms with E-state index in [1.165, 1.54) is 10.5 Å². The minimum Gasteiger partial charge on any atom is -0.347 e. The number of carbonyl (C=O) groups excluding carboxylic acids is 1. The Morgan fingerprint density at radius 2 is 2.14 bits per heavy atom. The number of nitrogens with one attached hydrogen (secondary N) is 2. The Kier molecular flexibility index (Phi) is 5.72. The number of nitrogens with zero attached hydrogens (tertiary/aromatic N) is 1. The summed E-state index contributed by atoms with van der Waals surface area (Å²) in [4.78, 5) is 18.0. The van der Waals surface area contributed by atoms with Gasteiger partial charge in [-0.2, -0.15) is 11.3 Å². The molecule has 120 valence electrons. The molecule has 22 heavy (non-hydrogen) atoms. The predicted molar refractivity (Wildman–Crippen MR) is 93.4 cm³/mol. The Balaban J connectivity index is 1.94. The zero-order valence-corrected chi connectivity index (χ0v) is 15.2. The molecule has 0 radical (unpaired) electrons. The third-order valence-corrected chi connectivity index (χ3v) is 4.80. The number of aromatic nitrogens is 1. The third-order valence-electron chi connectivity index (χ3n) is 3.18. The molecule has 0 saturated carbocycles. The van der Waals surface area contributed by atoms with Gasteiger partial charge >= 0.3 is 0 Å². The number of rotatable bonds is 6. The fourth-order valence-electron chi connectivity index (χ4n) is 2.17. The maximum atomic E-state index is 12.1. The third kappa shape index (κ3) is 5.19. The van der Waals surface area contributed by atoms with Crippen LogP contribution in [0.2, 0.25) is 0 Å². The lowest BCUT2D eigenvalue weighted by Crippen LogP contribution is -3.11. The second-order valence-electron chi connectivity index (χ2n) is 6.41. The van der Waals surface area contributed by atoms with Gasteiger partial charge in [0.05, 0.1) is 6.54 Å². The van der Waals surface area contributed by atoms with Crippen LogP contribution in [0.1, 0.15) is 33.4 Å². The van der Waals surface area contributed by atoms with Crippen LogP contribution in [-0.4, -0.2) is 29.5 Å². The molecule has 1 amide bonds. The van der Waals surface area contributed by atoms with Gasteiger partial charge in [-0.1, -0.05) is 0 Å². The summed E-state index contributed by atoms with van der Waals surface area (Å²) in [6, 6.07) is 2.09. The first-order valence-corrected chi connectivity index (χ1v) is 9.31. The Morgan fingerprint density at radius 1 is 1.36 bits per heavy atom. The van der Waals surface area contributed by atoms with E-state index in [1.807, 2.05) is 20.8 Å². The second kappa shape index (κ2) is 7.35. The van der Waals surface area contributed by atoms with E-state index >= 15 is 0 Å². The van der Waals surface area contributed by atoms with Gasteiger partial charge in [-0.25, -0.2) is 4.98 Å². The van der Waals surface area contributed by atoms with E-state index in [4.69, 9.17) is 4.98 Å². The zero-order chi connectivity index (χ0) is 16.2. The first-order valence-electron chi connectivity index (χ1n) is 7.49. The smallest absolute Gasteiger partial charge is 0.275 e. The average Bonchev–Trinajstić information content (AvgIpc) is 3.05. The standard InChI is InChI=1S/C16H23N3OS2/c1-5-19(9-14(20)18-16(2,3)4)8-13-11-22-15(17-13)12-6-7-21-10-12/h6-7,10-11H,5,8-9H2,1-4H3,(H,18,20)/p+1. The van der Waals surface area contributed by atoms with Gasteiger partial charge in [0, 0.05) is 21.9 Å². The Morgan fingerprint density at radius 3 is 2.73 bits per heavy atom. The molecular weight excluding hydrogens is 314 g/mol. The second-order valence-corrected chi connectivity index (χ2v) is 8.05. The molecule has 2 aromatic heterocycles. The van der Waals surface area contributed by atoms with Crippen LogP contribution >= 0.6 is 22.7 Å². The maximum Gasteiger partial charge on any atom is 0.275 e. The van der Waals surface area contributed by atoms with Crippen LogP contribution in [0.5, 0.6) is 0 Å². The molecule has 0 aromatic carbocycles. The van der Waals surface area contributed by atoms with Crippen molar-refractivity contribution in [3.63, 3.8) is 0 Å². The van der Waals surface area contributed by atoms with Crippen LogP contribution < -0.4 is 10.2 Å². The molecule has 2 heterocycles. The largest absolute Gasteiger partial charge is 0.347 e. The van der Waals surface area contributed by atoms with Gasteiger partial charge in [-0.05, 0) is 39.1 Å². The van der Waals surface area contributed by atoms with Gasteiger partial charge in [-0.3, -0.25) is 4.79 Å². The molecule has 1 atom stereocenters. The van der Waals surface area contributed by atoms with Crippen LogP contribution in [0.25, 0.3) is 10.6 Å². The van der Waals surface area contributed by atoms with Crippen molar-refractivity contribution in [2.24, 2.45) is 0 Å². The molecule has 0 aliphatic carbocycles. The van der Waals surface area contributed by atoms with Crippen LogP contribution in [0.4, 0.5) is 0 Å². The van der Waals surface area contributed by atoms with Crippen molar-refractivity contribution in [3.8, 4) is 10.6 Å². The maximum absolute atomic E-state index is 12.1. The van der Waals surface area contributed by atoms with E-state index < -0.39 is 0 Å². The number of carbonyl (C=O) groups is 1. The van der Waals surface area contributed by atoms with Gasteiger partial charge in [0.15, 0.2) is 6.54 Å². The SMILES string of the molecule is CC[NH+](CC(=O)NC(C)(C)C)Cc1csc(-c2ccsc2)n1. The molecular formula is C16H24N3OS2+. The number of hydrogen-bond acceptors (Lipinski definition) is 4. The molecule has 2 rings (SSSR count). The predicted octanol–water partition coefficient (Wildman–Crippen LogP) is 2.19. The molecule has 2 aromatic rings. The molecule has 0 aliphatic heterocycles. The number of amides is 1. The number of quaternary nitrogens is 1.